The van der Waals surface area contributed by atoms with Gasteiger partial charge in [-0.1, -0.05) is 21.6 Å². The number of hydrogen-bond acceptors (Lipinski definition) is 8. The van der Waals surface area contributed by atoms with E-state index in [0.717, 1.165) is 0 Å². The van der Waals surface area contributed by atoms with Gasteiger partial charge in [0.15, 0.2) is 0 Å². The second kappa shape index (κ2) is 8.15. The molecule has 8 heteroatoms. The first-order valence-corrected chi connectivity index (χ1v) is 7.78. The highest BCUT2D eigenvalue weighted by Gasteiger charge is 2.16. The quantitative estimate of drug-likeness (QED) is 0.372. The molecule has 0 saturated carbocycles. The Balaban J connectivity index is 2.48. The number of carbonyl (C=O) groups excluding carboxylic acids is 4. The molecule has 0 amide bonds. The van der Waals surface area contributed by atoms with Crippen LogP contribution in [0.3, 0.4) is 0 Å². The third kappa shape index (κ3) is 6.65. The molecule has 18 heavy (non-hydrogen) atoms. The van der Waals surface area contributed by atoms with Crippen molar-refractivity contribution in [2.45, 2.75) is 25.7 Å². The molecule has 0 bridgehead atoms. The minimum atomic E-state index is -0.779. The van der Waals surface area contributed by atoms with Gasteiger partial charge in [-0.2, -0.15) is 0 Å². The van der Waals surface area contributed by atoms with Crippen molar-refractivity contribution in [2.75, 3.05) is 11.5 Å². The van der Waals surface area contributed by atoms with Crippen molar-refractivity contribution < 1.29 is 28.7 Å². The van der Waals surface area contributed by atoms with E-state index in [4.69, 9.17) is 0 Å². The van der Waals surface area contributed by atoms with Crippen molar-refractivity contribution in [3.05, 3.63) is 0 Å². The summed E-state index contributed by atoms with van der Waals surface area (Å²) in [7, 11) is 2.80. The van der Waals surface area contributed by atoms with Crippen molar-refractivity contribution >= 4 is 45.5 Å². The van der Waals surface area contributed by atoms with Gasteiger partial charge < -0.3 is 9.47 Å². The maximum Gasteiger partial charge on any atom is 0.314 e. The summed E-state index contributed by atoms with van der Waals surface area (Å²) in [5.74, 6) is -1.75. The molecule has 1 aliphatic heterocycles. The molecule has 1 aliphatic rings. The Labute approximate surface area is 112 Å². The first-order chi connectivity index (χ1) is 8.58. The Hall–Kier alpha value is -1.02. The number of ether oxygens (including phenoxy) is 2. The Kier molecular flexibility index (Phi) is 6.81. The zero-order valence-electron chi connectivity index (χ0n) is 9.51. The lowest BCUT2D eigenvalue weighted by Gasteiger charge is -2.05. The molecule has 0 atom stereocenters. The van der Waals surface area contributed by atoms with E-state index in [1.807, 2.05) is 0 Å². The van der Waals surface area contributed by atoms with Gasteiger partial charge in [-0.3, -0.25) is 19.2 Å². The molecular weight excluding hydrogens is 280 g/mol. The Bertz CT molecular complexity index is 320. The highest BCUT2D eigenvalue weighted by atomic mass is 33.1. The fourth-order valence-corrected chi connectivity index (χ4v) is 2.97. The van der Waals surface area contributed by atoms with Gasteiger partial charge in [0, 0.05) is 11.5 Å². The average Bonchev–Trinajstić information content (AvgIpc) is 2.30. The van der Waals surface area contributed by atoms with Gasteiger partial charge in [0.1, 0.15) is 0 Å². The van der Waals surface area contributed by atoms with E-state index >= 15 is 0 Å². The van der Waals surface area contributed by atoms with Gasteiger partial charge in [-0.05, 0) is 0 Å². The number of esters is 4. The van der Waals surface area contributed by atoms with Gasteiger partial charge in [-0.25, -0.2) is 0 Å². The molecule has 0 radical (unpaired) electrons. The summed E-state index contributed by atoms with van der Waals surface area (Å²) < 4.78 is 8.95. The zero-order chi connectivity index (χ0) is 13.4. The van der Waals surface area contributed by atoms with Gasteiger partial charge in [-0.15, -0.1) is 0 Å². The lowest BCUT2D eigenvalue weighted by atomic mass is 10.3. The van der Waals surface area contributed by atoms with Gasteiger partial charge in [0.25, 0.3) is 0 Å². The molecule has 1 saturated heterocycles. The molecule has 0 N–H and O–H groups in total. The molecule has 1 heterocycles. The predicted octanol–water partition coefficient (Wildman–Crippen LogP) is 1.08. The molecule has 0 aromatic heterocycles. The average molecular weight is 292 g/mol. The normalized spacial score (nSPS) is 20.9. The first kappa shape index (κ1) is 15.0. The molecule has 0 unspecified atom stereocenters. The maximum atomic E-state index is 11.2. The molecule has 1 fully saturated rings. The molecular formula is C10H12O6S2. The Morgan fingerprint density at radius 3 is 1.33 bits per heavy atom. The van der Waals surface area contributed by atoms with Crippen molar-refractivity contribution in [3.63, 3.8) is 0 Å². The van der Waals surface area contributed by atoms with Crippen LogP contribution in [0.25, 0.3) is 0 Å². The number of rotatable bonds is 0. The second-order valence-electron chi connectivity index (χ2n) is 3.34. The van der Waals surface area contributed by atoms with Crippen LogP contribution in [-0.4, -0.2) is 35.4 Å². The highest BCUT2D eigenvalue weighted by molar-refractivity contribution is 8.76. The molecule has 6 nitrogen and oxygen atoms in total. The largest absolute Gasteiger partial charge is 0.393 e. The number of hydrogen-bond donors (Lipinski definition) is 0. The van der Waals surface area contributed by atoms with Crippen LogP contribution < -0.4 is 0 Å². The van der Waals surface area contributed by atoms with Crippen molar-refractivity contribution in [3.8, 4) is 0 Å². The Morgan fingerprint density at radius 1 is 0.611 bits per heavy atom. The smallest absolute Gasteiger partial charge is 0.314 e. The van der Waals surface area contributed by atoms with Crippen LogP contribution >= 0.6 is 21.6 Å². The van der Waals surface area contributed by atoms with Crippen molar-refractivity contribution in [1.82, 2.24) is 0 Å². The lowest BCUT2D eigenvalue weighted by molar-refractivity contribution is -0.164. The predicted molar refractivity (Wildman–Crippen MR) is 65.6 cm³/mol. The molecule has 0 aromatic rings. The number of cyclic esters (lactones) is 4. The van der Waals surface area contributed by atoms with Crippen LogP contribution in [0.5, 0.6) is 0 Å². The fraction of sp³-hybridized carbons (Fsp3) is 0.600. The van der Waals surface area contributed by atoms with Crippen LogP contribution in [0, 0.1) is 0 Å². The third-order valence-corrected chi connectivity index (χ3v) is 4.26. The summed E-state index contributed by atoms with van der Waals surface area (Å²) in [5, 5.41) is 0. The fourth-order valence-electron chi connectivity index (χ4n) is 1.03. The number of carbonyl (C=O) groups is 4. The van der Waals surface area contributed by atoms with Gasteiger partial charge >= 0.3 is 23.9 Å². The lowest BCUT2D eigenvalue weighted by Crippen LogP contribution is -2.17. The minimum absolute atomic E-state index is 0.127. The highest BCUT2D eigenvalue weighted by Crippen LogP contribution is 2.23. The topological polar surface area (TPSA) is 86.7 Å². The van der Waals surface area contributed by atoms with E-state index in [0.29, 0.717) is 11.5 Å². The summed E-state index contributed by atoms with van der Waals surface area (Å²) in [6.07, 6.45) is -0.275. The SMILES string of the molecule is O=C1CCSSCCC(=O)OC(=O)CCC(=O)O1. The molecule has 0 aliphatic carbocycles. The van der Waals surface area contributed by atoms with E-state index < -0.39 is 23.9 Å². The minimum Gasteiger partial charge on any atom is -0.393 e. The maximum absolute atomic E-state index is 11.2. The summed E-state index contributed by atoms with van der Waals surface area (Å²) in [6.45, 7) is 0. The Morgan fingerprint density at radius 2 is 0.944 bits per heavy atom. The molecule has 1 rings (SSSR count). The van der Waals surface area contributed by atoms with Crippen LogP contribution in [0.2, 0.25) is 0 Å². The van der Waals surface area contributed by atoms with Gasteiger partial charge in [0.2, 0.25) is 0 Å². The van der Waals surface area contributed by atoms with Gasteiger partial charge in [0.05, 0.1) is 25.7 Å². The van der Waals surface area contributed by atoms with Crippen LogP contribution in [0.15, 0.2) is 0 Å². The summed E-state index contributed by atoms with van der Waals surface area (Å²) in [6, 6.07) is 0. The van der Waals surface area contributed by atoms with Crippen LogP contribution in [0.4, 0.5) is 0 Å². The standard InChI is InChI=1S/C10H12O6S2/c11-7-1-2-8(12)16-10(14)4-6-18-17-5-3-9(13)15-7/h1-6H2. The van der Waals surface area contributed by atoms with E-state index in [1.54, 1.807) is 0 Å². The van der Waals surface area contributed by atoms with E-state index in [1.165, 1.54) is 21.6 Å². The first-order valence-electron chi connectivity index (χ1n) is 5.29. The third-order valence-electron chi connectivity index (χ3n) is 1.85. The van der Waals surface area contributed by atoms with E-state index in [9.17, 15) is 19.2 Å². The summed E-state index contributed by atoms with van der Waals surface area (Å²) in [5.41, 5.74) is 0. The van der Waals surface area contributed by atoms with Crippen molar-refractivity contribution in [1.29, 1.82) is 0 Å². The summed E-state index contributed by atoms with van der Waals surface area (Å²) in [4.78, 5) is 44.6. The van der Waals surface area contributed by atoms with Crippen molar-refractivity contribution in [2.24, 2.45) is 0 Å². The van der Waals surface area contributed by atoms with Crippen LogP contribution in [0.1, 0.15) is 25.7 Å². The van der Waals surface area contributed by atoms with Crippen LogP contribution in [-0.2, 0) is 28.7 Å². The zero-order valence-corrected chi connectivity index (χ0v) is 11.1. The molecule has 100 valence electrons. The summed E-state index contributed by atoms with van der Waals surface area (Å²) >= 11 is 0. The second-order valence-corrected chi connectivity index (χ2v) is 6.04. The van der Waals surface area contributed by atoms with E-state index in [2.05, 4.69) is 9.47 Å². The van der Waals surface area contributed by atoms with E-state index in [-0.39, 0.29) is 25.7 Å². The molecule has 0 aromatic carbocycles. The monoisotopic (exact) mass is 292 g/mol. The molecule has 0 spiro atoms.